The molecule has 0 saturated heterocycles. The number of aryl methyl sites for hydroxylation is 2. The maximum atomic E-state index is 9.06. The molecule has 0 spiro atoms. The van der Waals surface area contributed by atoms with Crippen LogP contribution in [-0.4, -0.2) is 15.5 Å². The van der Waals surface area contributed by atoms with Gasteiger partial charge in [0.1, 0.15) is 5.71 Å². The van der Waals surface area contributed by atoms with Gasteiger partial charge in [0.25, 0.3) is 0 Å². The SMILES string of the molecule is Cc1c2n(c3ccccc13)CCCC2=NO. The van der Waals surface area contributed by atoms with Crippen LogP contribution >= 0.6 is 0 Å². The van der Waals surface area contributed by atoms with Crippen LogP contribution in [0, 0.1) is 6.92 Å². The summed E-state index contributed by atoms with van der Waals surface area (Å²) in [7, 11) is 0. The molecule has 1 aliphatic rings. The number of para-hydroxylation sites is 1. The molecule has 2 heterocycles. The Bertz CT molecular complexity index is 581. The lowest BCUT2D eigenvalue weighted by Crippen LogP contribution is -2.17. The Balaban J connectivity index is 2.42. The van der Waals surface area contributed by atoms with E-state index in [4.69, 9.17) is 5.21 Å². The van der Waals surface area contributed by atoms with Crippen LogP contribution in [0.15, 0.2) is 29.4 Å². The van der Waals surface area contributed by atoms with Crippen molar-refractivity contribution in [3.63, 3.8) is 0 Å². The van der Waals surface area contributed by atoms with Crippen molar-refractivity contribution in [3.8, 4) is 0 Å². The molecule has 1 aromatic heterocycles. The highest BCUT2D eigenvalue weighted by Gasteiger charge is 2.21. The summed E-state index contributed by atoms with van der Waals surface area (Å²) in [5, 5.41) is 13.8. The smallest absolute Gasteiger partial charge is 0.103 e. The fourth-order valence-corrected chi connectivity index (χ4v) is 2.70. The molecule has 0 unspecified atom stereocenters. The summed E-state index contributed by atoms with van der Waals surface area (Å²) < 4.78 is 2.27. The van der Waals surface area contributed by atoms with Crippen LogP contribution < -0.4 is 0 Å². The van der Waals surface area contributed by atoms with Crippen LogP contribution in [0.4, 0.5) is 0 Å². The Hall–Kier alpha value is -1.77. The van der Waals surface area contributed by atoms with Gasteiger partial charge in [0.15, 0.2) is 0 Å². The fraction of sp³-hybridized carbons (Fsp3) is 0.308. The standard InChI is InChI=1S/C13H14N2O/c1-9-10-5-2-3-7-12(10)15-8-4-6-11(14-16)13(9)15/h2-3,5,7,16H,4,6,8H2,1H3. The quantitative estimate of drug-likeness (QED) is 0.531. The summed E-state index contributed by atoms with van der Waals surface area (Å²) in [5.74, 6) is 0. The molecule has 2 aromatic rings. The topological polar surface area (TPSA) is 37.5 Å². The number of rotatable bonds is 0. The van der Waals surface area contributed by atoms with Crippen molar-refractivity contribution < 1.29 is 5.21 Å². The third kappa shape index (κ3) is 1.11. The van der Waals surface area contributed by atoms with E-state index in [2.05, 4.69) is 40.9 Å². The lowest BCUT2D eigenvalue weighted by molar-refractivity contribution is 0.316. The van der Waals surface area contributed by atoms with Crippen LogP contribution in [0.3, 0.4) is 0 Å². The van der Waals surface area contributed by atoms with Gasteiger partial charge in [-0.1, -0.05) is 23.4 Å². The third-order valence-electron chi connectivity index (χ3n) is 3.41. The van der Waals surface area contributed by atoms with Gasteiger partial charge in [0.05, 0.1) is 5.69 Å². The molecule has 3 rings (SSSR count). The summed E-state index contributed by atoms with van der Waals surface area (Å²) >= 11 is 0. The van der Waals surface area contributed by atoms with Gasteiger partial charge >= 0.3 is 0 Å². The molecule has 3 nitrogen and oxygen atoms in total. The number of aromatic nitrogens is 1. The van der Waals surface area contributed by atoms with E-state index in [1.54, 1.807) is 0 Å². The Labute approximate surface area is 94.0 Å². The van der Waals surface area contributed by atoms with Gasteiger partial charge in [-0.15, -0.1) is 0 Å². The minimum Gasteiger partial charge on any atom is -0.411 e. The van der Waals surface area contributed by atoms with Crippen molar-refractivity contribution in [1.29, 1.82) is 0 Å². The highest BCUT2D eigenvalue weighted by Crippen LogP contribution is 2.30. The molecule has 1 N–H and O–H groups in total. The minimum atomic E-state index is 0.819. The molecule has 0 atom stereocenters. The number of hydrogen-bond donors (Lipinski definition) is 1. The van der Waals surface area contributed by atoms with Gasteiger partial charge in [-0.3, -0.25) is 0 Å². The van der Waals surface area contributed by atoms with E-state index in [9.17, 15) is 0 Å². The summed E-state index contributed by atoms with van der Waals surface area (Å²) in [6.07, 6.45) is 1.91. The molecule has 3 heteroatoms. The second kappa shape index (κ2) is 3.37. The van der Waals surface area contributed by atoms with Crippen LogP contribution in [0.1, 0.15) is 24.1 Å². The lowest BCUT2D eigenvalue weighted by atomic mass is 10.0. The first-order chi connectivity index (χ1) is 7.83. The van der Waals surface area contributed by atoms with Crippen molar-refractivity contribution in [1.82, 2.24) is 4.57 Å². The molecule has 0 aliphatic carbocycles. The summed E-state index contributed by atoms with van der Waals surface area (Å²) in [4.78, 5) is 0. The van der Waals surface area contributed by atoms with Gasteiger partial charge in [0.2, 0.25) is 0 Å². The zero-order valence-corrected chi connectivity index (χ0v) is 9.27. The molecule has 1 aromatic carbocycles. The molecule has 0 amide bonds. The maximum absolute atomic E-state index is 9.06. The summed E-state index contributed by atoms with van der Waals surface area (Å²) in [5.41, 5.74) is 4.40. The number of fused-ring (bicyclic) bond motifs is 3. The normalized spacial score (nSPS) is 17.9. The average molecular weight is 214 g/mol. The Morgan fingerprint density at radius 3 is 2.94 bits per heavy atom. The number of nitrogens with zero attached hydrogens (tertiary/aromatic N) is 2. The van der Waals surface area contributed by atoms with Gasteiger partial charge in [-0.05, 0) is 31.4 Å². The van der Waals surface area contributed by atoms with Gasteiger partial charge in [-0.2, -0.15) is 0 Å². The van der Waals surface area contributed by atoms with E-state index >= 15 is 0 Å². The number of benzene rings is 1. The predicted molar refractivity (Wildman–Crippen MR) is 64.2 cm³/mol. The highest BCUT2D eigenvalue weighted by atomic mass is 16.4. The van der Waals surface area contributed by atoms with E-state index in [-0.39, 0.29) is 0 Å². The summed E-state index contributed by atoms with van der Waals surface area (Å²) in [6.45, 7) is 3.12. The van der Waals surface area contributed by atoms with Crippen molar-refractivity contribution in [2.45, 2.75) is 26.3 Å². The van der Waals surface area contributed by atoms with E-state index in [1.807, 2.05) is 0 Å². The van der Waals surface area contributed by atoms with E-state index in [1.165, 1.54) is 16.5 Å². The van der Waals surface area contributed by atoms with Crippen molar-refractivity contribution >= 4 is 16.6 Å². The maximum Gasteiger partial charge on any atom is 0.103 e. The summed E-state index contributed by atoms with van der Waals surface area (Å²) in [6, 6.07) is 8.37. The Morgan fingerprint density at radius 1 is 1.31 bits per heavy atom. The fourth-order valence-electron chi connectivity index (χ4n) is 2.70. The molecule has 0 radical (unpaired) electrons. The highest BCUT2D eigenvalue weighted by molar-refractivity contribution is 6.06. The van der Waals surface area contributed by atoms with Crippen molar-refractivity contribution in [2.75, 3.05) is 0 Å². The zero-order valence-electron chi connectivity index (χ0n) is 9.27. The van der Waals surface area contributed by atoms with E-state index < -0.39 is 0 Å². The molecular weight excluding hydrogens is 200 g/mol. The molecule has 0 saturated carbocycles. The average Bonchev–Trinajstić information content (AvgIpc) is 2.64. The Kier molecular flexibility index (Phi) is 1.99. The predicted octanol–water partition coefficient (Wildman–Crippen LogP) is 2.92. The zero-order chi connectivity index (χ0) is 11.1. The monoisotopic (exact) mass is 214 g/mol. The number of oxime groups is 1. The molecular formula is C13H14N2O. The molecule has 16 heavy (non-hydrogen) atoms. The van der Waals surface area contributed by atoms with Crippen LogP contribution in [-0.2, 0) is 6.54 Å². The van der Waals surface area contributed by atoms with Gasteiger partial charge in [0, 0.05) is 17.4 Å². The lowest BCUT2D eigenvalue weighted by Gasteiger charge is -2.17. The van der Waals surface area contributed by atoms with Gasteiger partial charge in [-0.25, -0.2) is 0 Å². The minimum absolute atomic E-state index is 0.819. The molecule has 82 valence electrons. The third-order valence-corrected chi connectivity index (χ3v) is 3.41. The first kappa shape index (κ1) is 9.46. The van der Waals surface area contributed by atoms with E-state index in [0.29, 0.717) is 0 Å². The molecule has 1 aliphatic heterocycles. The first-order valence-corrected chi connectivity index (χ1v) is 5.62. The Morgan fingerprint density at radius 2 is 2.12 bits per heavy atom. The van der Waals surface area contributed by atoms with Crippen molar-refractivity contribution in [2.24, 2.45) is 5.16 Å². The second-order valence-electron chi connectivity index (χ2n) is 4.29. The second-order valence-corrected chi connectivity index (χ2v) is 4.29. The van der Waals surface area contributed by atoms with Crippen molar-refractivity contribution in [3.05, 3.63) is 35.5 Å². The first-order valence-electron chi connectivity index (χ1n) is 5.62. The van der Waals surface area contributed by atoms with Crippen LogP contribution in [0.2, 0.25) is 0 Å². The van der Waals surface area contributed by atoms with E-state index in [0.717, 1.165) is 30.8 Å². The number of hydrogen-bond acceptors (Lipinski definition) is 2. The largest absolute Gasteiger partial charge is 0.411 e. The van der Waals surface area contributed by atoms with Crippen LogP contribution in [0.5, 0.6) is 0 Å². The van der Waals surface area contributed by atoms with Crippen LogP contribution in [0.25, 0.3) is 10.9 Å². The van der Waals surface area contributed by atoms with Gasteiger partial charge < -0.3 is 9.77 Å². The molecule has 0 fully saturated rings. The molecule has 0 bridgehead atoms.